The van der Waals surface area contributed by atoms with E-state index in [1.807, 2.05) is 47.3 Å². The summed E-state index contributed by atoms with van der Waals surface area (Å²) in [7, 11) is 0. The van der Waals surface area contributed by atoms with Crippen LogP contribution in [-0.4, -0.2) is 4.98 Å². The highest BCUT2D eigenvalue weighted by Crippen LogP contribution is 1.99. The van der Waals surface area contributed by atoms with E-state index in [0.29, 0.717) is 0 Å². The third-order valence-corrected chi connectivity index (χ3v) is 1.87. The maximum absolute atomic E-state index is 4.01. The second-order valence-corrected chi connectivity index (χ2v) is 2.93. The molecule has 2 heteroatoms. The third-order valence-electron chi connectivity index (χ3n) is 1.87. The van der Waals surface area contributed by atoms with Crippen molar-refractivity contribution in [3.63, 3.8) is 0 Å². The van der Waals surface area contributed by atoms with E-state index in [2.05, 4.69) is 17.1 Å². The predicted molar refractivity (Wildman–Crippen MR) is 56.1 cm³/mol. The Morgan fingerprint density at radius 1 is 1.07 bits per heavy atom. The van der Waals surface area contributed by atoms with Gasteiger partial charge in [0.2, 0.25) is 0 Å². The second kappa shape index (κ2) is 4.33. The molecule has 0 N–H and O–H groups in total. The van der Waals surface area contributed by atoms with Crippen molar-refractivity contribution in [1.29, 1.82) is 0 Å². The highest BCUT2D eigenvalue weighted by molar-refractivity contribution is 5.56. The van der Waals surface area contributed by atoms with Crippen molar-refractivity contribution in [2.75, 3.05) is 0 Å². The molecule has 0 saturated carbocycles. The fraction of sp³-hybridized carbons (Fsp3) is 0. The summed E-state index contributed by atoms with van der Waals surface area (Å²) in [6, 6.07) is 12.1. The molecule has 68 valence electrons. The summed E-state index contributed by atoms with van der Waals surface area (Å²) in [5.74, 6) is 0. The van der Waals surface area contributed by atoms with E-state index < -0.39 is 0 Å². The highest BCUT2D eigenvalue weighted by atomic mass is 15.0. The van der Waals surface area contributed by atoms with Crippen LogP contribution in [0.4, 0.5) is 0 Å². The lowest BCUT2D eigenvalue weighted by atomic mass is 10.2. The smallest absolute Gasteiger partial charge is 0.210 e. The molecule has 2 rings (SSSR count). The van der Waals surface area contributed by atoms with Crippen LogP contribution in [-0.2, 0) is 0 Å². The Morgan fingerprint density at radius 3 is 2.64 bits per heavy atom. The Labute approximate surface area is 83.2 Å². The van der Waals surface area contributed by atoms with Gasteiger partial charge in [0.15, 0.2) is 0 Å². The summed E-state index contributed by atoms with van der Waals surface area (Å²) in [6.07, 6.45) is 9.49. The molecule has 0 aliphatic rings. The molecule has 0 aliphatic carbocycles. The fourth-order valence-corrected chi connectivity index (χ4v) is 1.17. The molecule has 0 radical (unpaired) electrons. The average molecular weight is 183 g/mol. The molecular weight excluding hydrogens is 172 g/mol. The van der Waals surface area contributed by atoms with Crippen LogP contribution < -0.4 is 4.57 Å². The van der Waals surface area contributed by atoms with Crippen molar-refractivity contribution >= 4 is 12.3 Å². The zero-order chi connectivity index (χ0) is 9.64. The lowest BCUT2D eigenvalue weighted by Crippen LogP contribution is -2.24. The predicted octanol–water partition coefficient (Wildman–Crippen LogP) is 2.00. The van der Waals surface area contributed by atoms with Crippen molar-refractivity contribution in [3.8, 4) is 0 Å². The molecule has 1 aromatic heterocycles. The van der Waals surface area contributed by atoms with E-state index in [0.717, 1.165) is 0 Å². The SMILES string of the molecule is C(=C[n+]1cccnc1)c1ccccc1. The van der Waals surface area contributed by atoms with Gasteiger partial charge in [-0.3, -0.25) is 0 Å². The Hall–Kier alpha value is -1.96. The average Bonchev–Trinajstić information content (AvgIpc) is 2.29. The van der Waals surface area contributed by atoms with Gasteiger partial charge < -0.3 is 0 Å². The molecule has 0 atom stereocenters. The number of rotatable bonds is 2. The van der Waals surface area contributed by atoms with Gasteiger partial charge >= 0.3 is 0 Å². The Bertz CT molecular complexity index is 365. The van der Waals surface area contributed by atoms with Crippen molar-refractivity contribution in [1.82, 2.24) is 4.98 Å². The Kier molecular flexibility index (Phi) is 2.67. The molecule has 2 aromatic rings. The summed E-state index contributed by atoms with van der Waals surface area (Å²) < 4.78 is 1.91. The number of nitrogens with zero attached hydrogens (tertiary/aromatic N) is 2. The largest absolute Gasteiger partial charge is 0.290 e. The minimum absolute atomic E-state index is 1.18. The monoisotopic (exact) mass is 183 g/mol. The quantitative estimate of drug-likeness (QED) is 0.651. The molecule has 0 amide bonds. The Morgan fingerprint density at radius 2 is 1.93 bits per heavy atom. The highest BCUT2D eigenvalue weighted by Gasteiger charge is 1.88. The van der Waals surface area contributed by atoms with E-state index in [1.165, 1.54) is 5.56 Å². The van der Waals surface area contributed by atoms with E-state index in [9.17, 15) is 0 Å². The zero-order valence-corrected chi connectivity index (χ0v) is 7.75. The van der Waals surface area contributed by atoms with Gasteiger partial charge in [0.25, 0.3) is 6.33 Å². The first-order chi connectivity index (χ1) is 6.95. The number of benzene rings is 1. The minimum atomic E-state index is 1.18. The molecule has 0 saturated heterocycles. The van der Waals surface area contributed by atoms with E-state index in [4.69, 9.17) is 0 Å². The lowest BCUT2D eigenvalue weighted by molar-refractivity contribution is -0.571. The summed E-state index contributed by atoms with van der Waals surface area (Å²) in [4.78, 5) is 4.01. The van der Waals surface area contributed by atoms with Crippen molar-refractivity contribution in [3.05, 3.63) is 60.7 Å². The van der Waals surface area contributed by atoms with Gasteiger partial charge in [0.1, 0.15) is 6.20 Å². The van der Waals surface area contributed by atoms with E-state index >= 15 is 0 Å². The van der Waals surface area contributed by atoms with Crippen LogP contribution in [0.5, 0.6) is 0 Å². The number of hydrogen-bond acceptors (Lipinski definition) is 1. The van der Waals surface area contributed by atoms with Gasteiger partial charge in [-0.2, -0.15) is 0 Å². The molecule has 0 fully saturated rings. The van der Waals surface area contributed by atoms with Gasteiger partial charge in [-0.05, 0) is 11.6 Å². The summed E-state index contributed by atoms with van der Waals surface area (Å²) in [5, 5.41) is 0. The first-order valence-corrected chi connectivity index (χ1v) is 4.49. The van der Waals surface area contributed by atoms with Crippen molar-refractivity contribution in [2.24, 2.45) is 0 Å². The van der Waals surface area contributed by atoms with E-state index in [1.54, 1.807) is 12.5 Å². The first-order valence-electron chi connectivity index (χ1n) is 4.49. The molecule has 0 bridgehead atoms. The summed E-state index contributed by atoms with van der Waals surface area (Å²) >= 11 is 0. The normalized spacial score (nSPS) is 10.6. The van der Waals surface area contributed by atoms with Crippen molar-refractivity contribution < 1.29 is 4.57 Å². The summed E-state index contributed by atoms with van der Waals surface area (Å²) in [5.41, 5.74) is 1.18. The number of hydrogen-bond donors (Lipinski definition) is 0. The molecule has 1 heterocycles. The topological polar surface area (TPSA) is 16.8 Å². The van der Waals surface area contributed by atoms with Gasteiger partial charge in [0.05, 0.1) is 12.4 Å². The molecule has 2 nitrogen and oxygen atoms in total. The molecule has 0 spiro atoms. The van der Waals surface area contributed by atoms with Crippen LogP contribution in [0.3, 0.4) is 0 Å². The van der Waals surface area contributed by atoms with Gasteiger partial charge in [0, 0.05) is 6.07 Å². The Balaban J connectivity index is 2.16. The van der Waals surface area contributed by atoms with Crippen LogP contribution in [0.25, 0.3) is 12.3 Å². The number of aromatic nitrogens is 2. The maximum Gasteiger partial charge on any atom is 0.290 e. The molecule has 0 unspecified atom stereocenters. The van der Waals surface area contributed by atoms with Crippen LogP contribution in [0.1, 0.15) is 5.56 Å². The van der Waals surface area contributed by atoms with Gasteiger partial charge in [-0.15, -0.1) is 0 Å². The molecule has 0 aliphatic heterocycles. The molecule has 1 aromatic carbocycles. The zero-order valence-electron chi connectivity index (χ0n) is 7.75. The molecular formula is C12H11N2+. The first kappa shape index (κ1) is 8.63. The lowest BCUT2D eigenvalue weighted by Gasteiger charge is -1.90. The third kappa shape index (κ3) is 2.26. The second-order valence-electron chi connectivity index (χ2n) is 2.93. The van der Waals surface area contributed by atoms with Crippen LogP contribution in [0.15, 0.2) is 55.1 Å². The summed E-state index contributed by atoms with van der Waals surface area (Å²) in [6.45, 7) is 0. The molecule has 14 heavy (non-hydrogen) atoms. The fourth-order valence-electron chi connectivity index (χ4n) is 1.17. The minimum Gasteiger partial charge on any atom is -0.210 e. The maximum atomic E-state index is 4.01. The van der Waals surface area contributed by atoms with Crippen LogP contribution in [0.2, 0.25) is 0 Å². The van der Waals surface area contributed by atoms with E-state index in [-0.39, 0.29) is 0 Å². The van der Waals surface area contributed by atoms with Crippen LogP contribution >= 0.6 is 0 Å². The van der Waals surface area contributed by atoms with Gasteiger partial charge in [-0.25, -0.2) is 4.57 Å². The van der Waals surface area contributed by atoms with Crippen molar-refractivity contribution in [2.45, 2.75) is 0 Å². The van der Waals surface area contributed by atoms with Gasteiger partial charge in [-0.1, -0.05) is 35.3 Å². The van der Waals surface area contributed by atoms with Crippen LogP contribution in [0, 0.1) is 0 Å². The standard InChI is InChI=1S/C12H11N2/c1-2-5-12(6-3-1)7-10-14-9-4-8-13-11-14/h1-11H/q+1.